The van der Waals surface area contributed by atoms with Crippen LogP contribution in [0.3, 0.4) is 0 Å². The first-order chi connectivity index (χ1) is 9.15. The van der Waals surface area contributed by atoms with Crippen molar-refractivity contribution in [2.24, 2.45) is 0 Å². The highest BCUT2D eigenvalue weighted by Gasteiger charge is 2.04. The Balaban J connectivity index is 2.28. The van der Waals surface area contributed by atoms with E-state index in [1.807, 2.05) is 12.5 Å². The van der Waals surface area contributed by atoms with Gasteiger partial charge in [-0.1, -0.05) is 0 Å². The van der Waals surface area contributed by atoms with Crippen LogP contribution in [-0.4, -0.2) is 54.3 Å². The number of aromatic nitrogens is 2. The minimum Gasteiger partial charge on any atom is -0.383 e. The first kappa shape index (κ1) is 16.1. The number of aryl methyl sites for hydroxylation is 1. The van der Waals surface area contributed by atoms with Crippen molar-refractivity contribution in [1.29, 1.82) is 0 Å². The van der Waals surface area contributed by atoms with E-state index in [0.29, 0.717) is 6.04 Å². The van der Waals surface area contributed by atoms with Gasteiger partial charge >= 0.3 is 0 Å². The van der Waals surface area contributed by atoms with Crippen LogP contribution in [0, 0.1) is 0 Å². The lowest BCUT2D eigenvalue weighted by Gasteiger charge is -2.21. The molecule has 0 saturated carbocycles. The SMILES string of the molecule is COCCNCc1cncn1CCCN(C)C(C)C. The van der Waals surface area contributed by atoms with Gasteiger partial charge in [0.1, 0.15) is 0 Å². The summed E-state index contributed by atoms with van der Waals surface area (Å²) in [7, 11) is 3.89. The molecule has 0 aliphatic rings. The normalized spacial score (nSPS) is 11.7. The smallest absolute Gasteiger partial charge is 0.0948 e. The van der Waals surface area contributed by atoms with Gasteiger partial charge in [-0.05, 0) is 33.9 Å². The van der Waals surface area contributed by atoms with Crippen LogP contribution in [0.25, 0.3) is 0 Å². The van der Waals surface area contributed by atoms with E-state index in [1.54, 1.807) is 7.11 Å². The van der Waals surface area contributed by atoms with Gasteiger partial charge in [-0.2, -0.15) is 0 Å². The Morgan fingerprint density at radius 1 is 1.47 bits per heavy atom. The molecule has 1 aromatic rings. The Morgan fingerprint density at radius 3 is 2.95 bits per heavy atom. The molecule has 19 heavy (non-hydrogen) atoms. The Kier molecular flexibility index (Phi) is 7.70. The molecule has 1 aromatic heterocycles. The van der Waals surface area contributed by atoms with Gasteiger partial charge in [0, 0.05) is 39.0 Å². The van der Waals surface area contributed by atoms with Crippen molar-refractivity contribution in [2.75, 3.05) is 33.9 Å². The highest BCUT2D eigenvalue weighted by atomic mass is 16.5. The van der Waals surface area contributed by atoms with Gasteiger partial charge in [0.15, 0.2) is 0 Å². The fraction of sp³-hybridized carbons (Fsp3) is 0.786. The first-order valence-corrected chi connectivity index (χ1v) is 7.04. The molecular formula is C14H28N4O. The molecule has 0 spiro atoms. The van der Waals surface area contributed by atoms with E-state index in [0.717, 1.165) is 39.2 Å². The first-order valence-electron chi connectivity index (χ1n) is 7.04. The third-order valence-corrected chi connectivity index (χ3v) is 3.38. The van der Waals surface area contributed by atoms with Crippen LogP contribution in [0.2, 0.25) is 0 Å². The third kappa shape index (κ3) is 6.18. The third-order valence-electron chi connectivity index (χ3n) is 3.38. The van der Waals surface area contributed by atoms with Crippen molar-refractivity contribution in [3.63, 3.8) is 0 Å². The predicted molar refractivity (Wildman–Crippen MR) is 78.2 cm³/mol. The molecular weight excluding hydrogens is 240 g/mol. The lowest BCUT2D eigenvalue weighted by molar-refractivity contribution is 0.199. The molecule has 0 amide bonds. The zero-order valence-electron chi connectivity index (χ0n) is 12.7. The van der Waals surface area contributed by atoms with Gasteiger partial charge in [0.25, 0.3) is 0 Å². The molecule has 0 aromatic carbocycles. The second-order valence-electron chi connectivity index (χ2n) is 5.18. The molecule has 0 bridgehead atoms. The molecule has 0 aliphatic heterocycles. The van der Waals surface area contributed by atoms with Crippen molar-refractivity contribution >= 4 is 0 Å². The molecule has 0 unspecified atom stereocenters. The molecule has 5 nitrogen and oxygen atoms in total. The maximum Gasteiger partial charge on any atom is 0.0948 e. The summed E-state index contributed by atoms with van der Waals surface area (Å²) < 4.78 is 7.24. The zero-order chi connectivity index (χ0) is 14.1. The zero-order valence-corrected chi connectivity index (χ0v) is 12.7. The average molecular weight is 268 g/mol. The molecule has 0 radical (unpaired) electrons. The quantitative estimate of drug-likeness (QED) is 0.651. The van der Waals surface area contributed by atoms with Gasteiger partial charge in [0.05, 0.1) is 18.6 Å². The fourth-order valence-corrected chi connectivity index (χ4v) is 1.84. The number of hydrogen-bond donors (Lipinski definition) is 1. The number of methoxy groups -OCH3 is 1. The van der Waals surface area contributed by atoms with Gasteiger partial charge < -0.3 is 19.5 Å². The van der Waals surface area contributed by atoms with Crippen LogP contribution in [0.5, 0.6) is 0 Å². The summed E-state index contributed by atoms with van der Waals surface area (Å²) in [4.78, 5) is 6.60. The molecule has 0 aliphatic carbocycles. The van der Waals surface area contributed by atoms with Crippen LogP contribution in [0.15, 0.2) is 12.5 Å². The minimum absolute atomic E-state index is 0.609. The summed E-state index contributed by atoms with van der Waals surface area (Å²) in [5, 5.41) is 3.35. The van der Waals surface area contributed by atoms with Crippen molar-refractivity contribution in [3.05, 3.63) is 18.2 Å². The highest BCUT2D eigenvalue weighted by molar-refractivity contribution is 4.97. The Morgan fingerprint density at radius 2 is 2.26 bits per heavy atom. The number of nitrogens with zero attached hydrogens (tertiary/aromatic N) is 3. The fourth-order valence-electron chi connectivity index (χ4n) is 1.84. The molecule has 1 rings (SSSR count). The van der Waals surface area contributed by atoms with E-state index in [4.69, 9.17) is 4.74 Å². The van der Waals surface area contributed by atoms with Crippen LogP contribution >= 0.6 is 0 Å². The van der Waals surface area contributed by atoms with E-state index < -0.39 is 0 Å². The summed E-state index contributed by atoms with van der Waals surface area (Å²) in [6.07, 6.45) is 5.00. The summed E-state index contributed by atoms with van der Waals surface area (Å²) >= 11 is 0. The maximum absolute atomic E-state index is 5.01. The van der Waals surface area contributed by atoms with E-state index in [9.17, 15) is 0 Å². The number of rotatable bonds is 10. The van der Waals surface area contributed by atoms with Crippen LogP contribution in [0.4, 0.5) is 0 Å². The minimum atomic E-state index is 0.609. The molecule has 0 saturated heterocycles. The summed E-state index contributed by atoms with van der Waals surface area (Å²) in [5.41, 5.74) is 1.24. The largest absolute Gasteiger partial charge is 0.383 e. The average Bonchev–Trinajstić information content (AvgIpc) is 2.82. The van der Waals surface area contributed by atoms with Crippen LogP contribution in [-0.2, 0) is 17.8 Å². The number of imidazole rings is 1. The van der Waals surface area contributed by atoms with Crippen molar-refractivity contribution in [2.45, 2.75) is 39.4 Å². The van der Waals surface area contributed by atoms with E-state index >= 15 is 0 Å². The molecule has 1 N–H and O–H groups in total. The monoisotopic (exact) mass is 268 g/mol. The van der Waals surface area contributed by atoms with Crippen molar-refractivity contribution in [1.82, 2.24) is 19.8 Å². The van der Waals surface area contributed by atoms with Gasteiger partial charge in [-0.15, -0.1) is 0 Å². The topological polar surface area (TPSA) is 42.3 Å². The van der Waals surface area contributed by atoms with Crippen molar-refractivity contribution in [3.8, 4) is 0 Å². The lowest BCUT2D eigenvalue weighted by Crippen LogP contribution is -2.28. The molecule has 0 atom stereocenters. The summed E-state index contributed by atoms with van der Waals surface area (Å²) in [6, 6.07) is 0.609. The molecule has 1 heterocycles. The number of hydrogen-bond acceptors (Lipinski definition) is 4. The van der Waals surface area contributed by atoms with Gasteiger partial charge in [-0.3, -0.25) is 0 Å². The van der Waals surface area contributed by atoms with E-state index in [1.165, 1.54) is 5.69 Å². The molecule has 0 fully saturated rings. The Labute approximate surface area is 117 Å². The van der Waals surface area contributed by atoms with Crippen molar-refractivity contribution < 1.29 is 4.74 Å². The number of ether oxygens (including phenoxy) is 1. The Bertz CT molecular complexity index is 338. The van der Waals surface area contributed by atoms with Gasteiger partial charge in [-0.25, -0.2) is 4.98 Å². The van der Waals surface area contributed by atoms with E-state index in [-0.39, 0.29) is 0 Å². The second-order valence-corrected chi connectivity index (χ2v) is 5.18. The maximum atomic E-state index is 5.01. The van der Waals surface area contributed by atoms with Gasteiger partial charge in [0.2, 0.25) is 0 Å². The molecule has 5 heteroatoms. The summed E-state index contributed by atoms with van der Waals surface area (Å²) in [6.45, 7) is 9.06. The highest BCUT2D eigenvalue weighted by Crippen LogP contribution is 2.02. The second kappa shape index (κ2) is 9.07. The van der Waals surface area contributed by atoms with Crippen LogP contribution < -0.4 is 5.32 Å². The lowest BCUT2D eigenvalue weighted by atomic mass is 10.3. The Hall–Kier alpha value is -0.910. The molecule has 110 valence electrons. The summed E-state index contributed by atoms with van der Waals surface area (Å²) in [5.74, 6) is 0. The number of nitrogens with one attached hydrogen (secondary N) is 1. The predicted octanol–water partition coefficient (Wildman–Crippen LogP) is 1.35. The van der Waals surface area contributed by atoms with E-state index in [2.05, 4.69) is 40.7 Å². The standard InChI is InChI=1S/C14H28N4O/c1-13(2)17(3)7-5-8-18-12-16-11-14(18)10-15-6-9-19-4/h11-13,15H,5-10H2,1-4H3. The van der Waals surface area contributed by atoms with Crippen LogP contribution in [0.1, 0.15) is 26.0 Å².